The van der Waals surface area contributed by atoms with E-state index in [0.717, 1.165) is 24.8 Å². The normalized spacial score (nSPS) is 29.3. The number of carbonyl (C=O) groups is 1. The minimum absolute atomic E-state index is 0.0367. The first-order chi connectivity index (χ1) is 12.8. The van der Waals surface area contributed by atoms with E-state index in [2.05, 4.69) is 5.32 Å². The van der Waals surface area contributed by atoms with Gasteiger partial charge in [-0.3, -0.25) is 4.79 Å². The van der Waals surface area contributed by atoms with Gasteiger partial charge >= 0.3 is 0 Å². The minimum atomic E-state index is -2.79. The fraction of sp³-hybridized carbons (Fsp3) is 0.550. The Kier molecular flexibility index (Phi) is 4.67. The first-order valence-corrected chi connectivity index (χ1v) is 9.85. The number of nitrogens with one attached hydrogen (secondary N) is 1. The van der Waals surface area contributed by atoms with Gasteiger partial charge in [0.15, 0.2) is 0 Å². The molecule has 0 bridgehead atoms. The van der Waals surface area contributed by atoms with E-state index in [0.29, 0.717) is 5.56 Å². The quantitative estimate of drug-likeness (QED) is 0.601. The summed E-state index contributed by atoms with van der Waals surface area (Å²) < 4.78 is 29.8. The Morgan fingerprint density at radius 3 is 2.74 bits per heavy atom. The lowest BCUT2D eigenvalue weighted by Crippen LogP contribution is -2.60. The molecule has 7 heteroatoms. The maximum Gasteiger partial charge on any atom is 0.254 e. The van der Waals surface area contributed by atoms with E-state index in [1.807, 2.05) is 28.8 Å². The van der Waals surface area contributed by atoms with Gasteiger partial charge < -0.3 is 14.8 Å². The smallest absolute Gasteiger partial charge is 0.254 e. The van der Waals surface area contributed by atoms with Gasteiger partial charge in [-0.25, -0.2) is 8.78 Å². The fourth-order valence-electron chi connectivity index (χ4n) is 4.47. The zero-order valence-corrected chi connectivity index (χ0v) is 15.6. The van der Waals surface area contributed by atoms with Gasteiger partial charge in [-0.1, -0.05) is 36.9 Å². The van der Waals surface area contributed by atoms with Crippen molar-refractivity contribution in [3.63, 3.8) is 0 Å². The zero-order valence-electron chi connectivity index (χ0n) is 14.9. The first kappa shape index (κ1) is 18.7. The summed E-state index contributed by atoms with van der Waals surface area (Å²) in [5, 5.41) is 13.9. The van der Waals surface area contributed by atoms with Gasteiger partial charge in [0.2, 0.25) is 5.92 Å². The van der Waals surface area contributed by atoms with Gasteiger partial charge in [0.05, 0.1) is 11.1 Å². The summed E-state index contributed by atoms with van der Waals surface area (Å²) in [6, 6.07) is 7.17. The number of carbonyl (C=O) groups excluding carboxylic acids is 1. The Morgan fingerprint density at radius 2 is 2.04 bits per heavy atom. The molecular formula is C20H23ClF2N2O2. The van der Waals surface area contributed by atoms with Crippen molar-refractivity contribution in [2.45, 2.75) is 55.5 Å². The Bertz CT molecular complexity index is 851. The van der Waals surface area contributed by atoms with Gasteiger partial charge in [-0.15, -0.1) is 0 Å². The summed E-state index contributed by atoms with van der Waals surface area (Å²) in [5.74, 6) is -3.77. The van der Waals surface area contributed by atoms with Crippen LogP contribution in [0.3, 0.4) is 0 Å². The van der Waals surface area contributed by atoms with Crippen LogP contribution in [0.2, 0.25) is 0 Å². The number of nitrogens with zero attached hydrogens (tertiary/aromatic N) is 1. The van der Waals surface area contributed by atoms with Crippen molar-refractivity contribution < 1.29 is 18.7 Å². The topological polar surface area (TPSA) is 53.7 Å². The van der Waals surface area contributed by atoms with E-state index in [9.17, 15) is 18.7 Å². The number of halogens is 3. The number of hydrogen-bond donors (Lipinski definition) is 2. The second-order valence-corrected chi connectivity index (χ2v) is 8.34. The van der Waals surface area contributed by atoms with E-state index in [1.165, 1.54) is 0 Å². The van der Waals surface area contributed by atoms with Crippen molar-refractivity contribution >= 4 is 23.0 Å². The maximum absolute atomic E-state index is 14.0. The zero-order chi connectivity index (χ0) is 19.2. The van der Waals surface area contributed by atoms with Crippen LogP contribution >= 0.6 is 11.6 Å². The molecule has 1 amide bonds. The molecule has 2 fully saturated rings. The molecule has 0 saturated heterocycles. The highest BCUT2D eigenvalue weighted by Crippen LogP contribution is 2.52. The molecule has 146 valence electrons. The Morgan fingerprint density at radius 1 is 1.26 bits per heavy atom. The van der Waals surface area contributed by atoms with Crippen LogP contribution in [-0.2, 0) is 0 Å². The van der Waals surface area contributed by atoms with E-state index in [1.54, 1.807) is 12.3 Å². The van der Waals surface area contributed by atoms with Gasteiger partial charge in [0, 0.05) is 25.2 Å². The highest BCUT2D eigenvalue weighted by atomic mass is 35.5. The number of fused-ring (bicyclic) bond motifs is 1. The monoisotopic (exact) mass is 396 g/mol. The van der Waals surface area contributed by atoms with Gasteiger partial charge in [0.1, 0.15) is 11.1 Å². The van der Waals surface area contributed by atoms with E-state index < -0.39 is 35.3 Å². The Labute approximate surface area is 161 Å². The lowest BCUT2D eigenvalue weighted by molar-refractivity contribution is -0.165. The standard InChI is InChI=1S/C20H23ClF2N2O2/c21-18(24-17(26)14-7-11-25-10-2-1-6-16(14)25)20(27)9-8-19(22,23)12-15(20)13-4-3-5-13/h1-2,6-7,10-11,13,15,18,27H,3-5,8-9,12H2,(H,24,26). The molecule has 2 aromatic rings. The fourth-order valence-corrected chi connectivity index (χ4v) is 4.84. The Hall–Kier alpha value is -1.66. The molecule has 3 atom stereocenters. The number of pyridine rings is 1. The molecular weight excluding hydrogens is 374 g/mol. The molecule has 27 heavy (non-hydrogen) atoms. The third-order valence-electron chi connectivity index (χ3n) is 6.28. The lowest BCUT2D eigenvalue weighted by atomic mass is 9.62. The van der Waals surface area contributed by atoms with Crippen molar-refractivity contribution in [3.8, 4) is 0 Å². The number of amides is 1. The van der Waals surface area contributed by atoms with Crippen LogP contribution in [0, 0.1) is 11.8 Å². The summed E-state index contributed by atoms with van der Waals surface area (Å²) in [6.07, 6.45) is 5.32. The largest absolute Gasteiger partial charge is 0.386 e. The number of aliphatic hydroxyl groups is 1. The number of aromatic nitrogens is 1. The average Bonchev–Trinajstić information content (AvgIpc) is 3.00. The molecule has 2 N–H and O–H groups in total. The molecule has 2 saturated carbocycles. The minimum Gasteiger partial charge on any atom is -0.386 e. The van der Waals surface area contributed by atoms with Gasteiger partial charge in [-0.05, 0) is 36.5 Å². The molecule has 2 aliphatic rings. The molecule has 0 radical (unpaired) electrons. The van der Waals surface area contributed by atoms with Crippen LogP contribution < -0.4 is 5.32 Å². The van der Waals surface area contributed by atoms with E-state index in [4.69, 9.17) is 11.6 Å². The number of rotatable bonds is 4. The van der Waals surface area contributed by atoms with Crippen LogP contribution in [0.1, 0.15) is 48.9 Å². The van der Waals surface area contributed by atoms with Gasteiger partial charge in [-0.2, -0.15) is 0 Å². The number of hydrogen-bond acceptors (Lipinski definition) is 2. The third-order valence-corrected chi connectivity index (χ3v) is 6.77. The average molecular weight is 397 g/mol. The lowest BCUT2D eigenvalue weighted by Gasteiger charge is -2.50. The van der Waals surface area contributed by atoms with Crippen molar-refractivity contribution in [1.82, 2.24) is 9.72 Å². The highest BCUT2D eigenvalue weighted by Gasteiger charge is 2.56. The molecule has 0 aromatic carbocycles. The first-order valence-electron chi connectivity index (χ1n) is 9.41. The van der Waals surface area contributed by atoms with Crippen LogP contribution in [-0.4, -0.2) is 32.4 Å². The molecule has 0 aliphatic heterocycles. The summed E-state index contributed by atoms with van der Waals surface area (Å²) in [4.78, 5) is 12.7. The molecule has 4 rings (SSSR count). The second-order valence-electron chi connectivity index (χ2n) is 7.91. The molecule has 0 spiro atoms. The third kappa shape index (κ3) is 3.34. The molecule has 2 aromatic heterocycles. The number of alkyl halides is 3. The summed E-state index contributed by atoms with van der Waals surface area (Å²) in [6.45, 7) is 0. The van der Waals surface area contributed by atoms with Crippen LogP contribution in [0.4, 0.5) is 8.78 Å². The predicted molar refractivity (Wildman–Crippen MR) is 99.1 cm³/mol. The molecule has 3 unspecified atom stereocenters. The summed E-state index contributed by atoms with van der Waals surface area (Å²) in [5.41, 5.74) is -1.49. The van der Waals surface area contributed by atoms with Crippen LogP contribution in [0.5, 0.6) is 0 Å². The van der Waals surface area contributed by atoms with E-state index in [-0.39, 0.29) is 18.8 Å². The molecule has 2 heterocycles. The maximum atomic E-state index is 14.0. The van der Waals surface area contributed by atoms with E-state index >= 15 is 0 Å². The Balaban J connectivity index is 1.55. The summed E-state index contributed by atoms with van der Waals surface area (Å²) >= 11 is 6.44. The SMILES string of the molecule is O=C(NC(Cl)C1(O)CCC(F)(F)CC1C1CCC1)c1ccn2ccccc12. The van der Waals surface area contributed by atoms with Crippen LogP contribution in [0.25, 0.3) is 5.52 Å². The van der Waals surface area contributed by atoms with Crippen molar-refractivity contribution in [1.29, 1.82) is 0 Å². The molecule has 4 nitrogen and oxygen atoms in total. The van der Waals surface area contributed by atoms with Gasteiger partial charge in [0.25, 0.3) is 5.91 Å². The highest BCUT2D eigenvalue weighted by molar-refractivity contribution is 6.22. The van der Waals surface area contributed by atoms with Crippen molar-refractivity contribution in [3.05, 3.63) is 42.2 Å². The molecule has 2 aliphatic carbocycles. The summed E-state index contributed by atoms with van der Waals surface area (Å²) in [7, 11) is 0. The van der Waals surface area contributed by atoms with Crippen molar-refractivity contribution in [2.24, 2.45) is 11.8 Å². The second kappa shape index (κ2) is 6.74. The van der Waals surface area contributed by atoms with Crippen LogP contribution in [0.15, 0.2) is 36.7 Å². The predicted octanol–water partition coefficient (Wildman–Crippen LogP) is 4.20. The van der Waals surface area contributed by atoms with Crippen molar-refractivity contribution in [2.75, 3.05) is 0 Å².